The van der Waals surface area contributed by atoms with E-state index in [4.69, 9.17) is 0 Å². The first-order chi connectivity index (χ1) is 41.5. The number of nitrogens with zero attached hydrogens (tertiary/aromatic N) is 1. The predicted octanol–water partition coefficient (Wildman–Crippen LogP) is 22.2. The SMILES string of the molecule is CCC(C)(C)c1ccc(-c2cc(-c3ccc(N(c4ccc5c(c4)C4(c6ccccc6-c6ccccc64)c4ccccc4-5)c4ccc5c(c4)C4(c6ccccc6-c6ccccc64)c4ccccc4-5)cc3)cc(-c3ccc(C(C)(C)CC)cc3)c2)cc1. The van der Waals surface area contributed by atoms with Crippen molar-refractivity contribution in [1.82, 2.24) is 0 Å². The van der Waals surface area contributed by atoms with Crippen LogP contribution >= 0.6 is 0 Å². The lowest BCUT2D eigenvalue weighted by atomic mass is 9.70. The van der Waals surface area contributed by atoms with Crippen LogP contribution in [-0.4, -0.2) is 0 Å². The number of hydrogen-bond acceptors (Lipinski definition) is 1. The van der Waals surface area contributed by atoms with E-state index in [1.54, 1.807) is 0 Å². The molecule has 408 valence electrons. The predicted molar refractivity (Wildman–Crippen MR) is 357 cm³/mol. The minimum atomic E-state index is -0.493. The fraction of sp³-hybridized carbons (Fsp3) is 0.143. The molecular formula is C84H67N. The molecule has 4 aliphatic rings. The Labute approximate surface area is 501 Å². The van der Waals surface area contributed by atoms with Gasteiger partial charge in [-0.1, -0.05) is 260 Å². The summed E-state index contributed by atoms with van der Waals surface area (Å²) in [7, 11) is 0. The molecule has 1 nitrogen and oxygen atoms in total. The topological polar surface area (TPSA) is 3.24 Å². The van der Waals surface area contributed by atoms with Gasteiger partial charge in [0.05, 0.1) is 10.8 Å². The molecule has 4 aliphatic carbocycles. The summed E-state index contributed by atoms with van der Waals surface area (Å²) in [4.78, 5) is 2.54. The van der Waals surface area contributed by atoms with E-state index in [0.717, 1.165) is 29.9 Å². The monoisotopic (exact) mass is 1090 g/mol. The third-order valence-electron chi connectivity index (χ3n) is 20.6. The van der Waals surface area contributed by atoms with Gasteiger partial charge in [0.2, 0.25) is 0 Å². The summed E-state index contributed by atoms with van der Waals surface area (Å²) in [6.45, 7) is 13.9. The van der Waals surface area contributed by atoms with Gasteiger partial charge < -0.3 is 4.90 Å². The van der Waals surface area contributed by atoms with Crippen LogP contribution in [0.4, 0.5) is 17.1 Å². The summed E-state index contributed by atoms with van der Waals surface area (Å²) in [5, 5.41) is 0. The first kappa shape index (κ1) is 51.1. The van der Waals surface area contributed by atoms with E-state index < -0.39 is 10.8 Å². The molecule has 85 heavy (non-hydrogen) atoms. The van der Waals surface area contributed by atoms with Crippen molar-refractivity contribution >= 4 is 17.1 Å². The first-order valence-corrected chi connectivity index (χ1v) is 30.7. The normalized spacial score (nSPS) is 14.0. The molecule has 0 aliphatic heterocycles. The summed E-state index contributed by atoms with van der Waals surface area (Å²) in [6.07, 6.45) is 2.17. The summed E-state index contributed by atoms with van der Waals surface area (Å²) >= 11 is 0. The highest BCUT2D eigenvalue weighted by molar-refractivity contribution is 5.99. The molecule has 1 heteroatoms. The molecule has 12 aromatic carbocycles. The van der Waals surface area contributed by atoms with Gasteiger partial charge in [0.1, 0.15) is 0 Å². The zero-order valence-corrected chi connectivity index (χ0v) is 49.3. The van der Waals surface area contributed by atoms with Crippen LogP contribution in [0.2, 0.25) is 0 Å². The van der Waals surface area contributed by atoms with Crippen LogP contribution in [0.25, 0.3) is 77.9 Å². The molecule has 0 fully saturated rings. The molecule has 0 N–H and O–H groups in total. The molecule has 0 amide bonds. The number of benzene rings is 12. The third-order valence-corrected chi connectivity index (χ3v) is 20.6. The number of hydrogen-bond donors (Lipinski definition) is 0. The van der Waals surface area contributed by atoms with Gasteiger partial charge in [-0.3, -0.25) is 0 Å². The van der Waals surface area contributed by atoms with Gasteiger partial charge in [0.25, 0.3) is 0 Å². The zero-order chi connectivity index (χ0) is 57.4. The molecule has 0 aromatic heterocycles. The average Bonchev–Trinajstić information content (AvgIpc) is 1.61. The summed E-state index contributed by atoms with van der Waals surface area (Å²) < 4.78 is 0. The van der Waals surface area contributed by atoms with Crippen molar-refractivity contribution in [2.45, 2.75) is 76.0 Å². The maximum atomic E-state index is 2.54. The number of rotatable bonds is 10. The fourth-order valence-electron chi connectivity index (χ4n) is 15.5. The molecular weight excluding hydrogens is 1020 g/mol. The van der Waals surface area contributed by atoms with Crippen LogP contribution in [0.15, 0.2) is 273 Å². The second kappa shape index (κ2) is 19.0. The largest absolute Gasteiger partial charge is 0.310 e. The Balaban J connectivity index is 0.899. The second-order valence-electron chi connectivity index (χ2n) is 25.5. The molecule has 0 heterocycles. The van der Waals surface area contributed by atoms with Crippen LogP contribution in [-0.2, 0) is 21.7 Å². The number of fused-ring (bicyclic) bond motifs is 20. The van der Waals surface area contributed by atoms with Crippen LogP contribution in [0.3, 0.4) is 0 Å². The zero-order valence-electron chi connectivity index (χ0n) is 49.3. The molecule has 0 saturated carbocycles. The van der Waals surface area contributed by atoms with E-state index in [-0.39, 0.29) is 10.8 Å². The smallest absolute Gasteiger partial charge is 0.0726 e. The van der Waals surface area contributed by atoms with E-state index >= 15 is 0 Å². The molecule has 0 saturated heterocycles. The minimum Gasteiger partial charge on any atom is -0.310 e. The van der Waals surface area contributed by atoms with Crippen LogP contribution in [0, 0.1) is 0 Å². The van der Waals surface area contributed by atoms with Gasteiger partial charge in [-0.05, 0) is 212 Å². The van der Waals surface area contributed by atoms with Crippen molar-refractivity contribution in [2.24, 2.45) is 0 Å². The Bertz CT molecular complexity index is 4260. The number of anilines is 3. The van der Waals surface area contributed by atoms with Crippen molar-refractivity contribution in [1.29, 1.82) is 0 Å². The van der Waals surface area contributed by atoms with E-state index in [2.05, 4.69) is 319 Å². The Morgan fingerprint density at radius 2 is 0.494 bits per heavy atom. The highest BCUT2D eigenvalue weighted by Crippen LogP contribution is 2.65. The van der Waals surface area contributed by atoms with Gasteiger partial charge in [-0.2, -0.15) is 0 Å². The highest BCUT2D eigenvalue weighted by atomic mass is 15.1. The van der Waals surface area contributed by atoms with Gasteiger partial charge in [0.15, 0.2) is 0 Å². The van der Waals surface area contributed by atoms with E-state index in [0.29, 0.717) is 0 Å². The molecule has 16 rings (SSSR count). The Hall–Kier alpha value is -9.56. The Morgan fingerprint density at radius 3 is 0.776 bits per heavy atom. The molecule has 0 bridgehead atoms. The maximum absolute atomic E-state index is 2.54. The van der Waals surface area contributed by atoms with Gasteiger partial charge in [0, 0.05) is 17.1 Å². The van der Waals surface area contributed by atoms with E-state index in [1.165, 1.54) is 134 Å². The minimum absolute atomic E-state index is 0.105. The van der Waals surface area contributed by atoms with Crippen molar-refractivity contribution in [2.75, 3.05) is 4.90 Å². The van der Waals surface area contributed by atoms with Crippen molar-refractivity contribution in [3.63, 3.8) is 0 Å². The quantitative estimate of drug-likeness (QED) is 0.132. The molecule has 0 radical (unpaired) electrons. The summed E-state index contributed by atoms with van der Waals surface area (Å²) in [5.41, 5.74) is 33.6. The van der Waals surface area contributed by atoms with Crippen molar-refractivity contribution < 1.29 is 0 Å². The van der Waals surface area contributed by atoms with Gasteiger partial charge in [-0.25, -0.2) is 0 Å². The second-order valence-corrected chi connectivity index (χ2v) is 25.5. The Kier molecular flexibility index (Phi) is 11.4. The molecule has 0 atom stereocenters. The van der Waals surface area contributed by atoms with E-state index in [9.17, 15) is 0 Å². The van der Waals surface area contributed by atoms with Gasteiger partial charge in [-0.15, -0.1) is 0 Å². The summed E-state index contributed by atoms with van der Waals surface area (Å²) in [5.74, 6) is 0. The lowest BCUT2D eigenvalue weighted by Gasteiger charge is -2.33. The molecule has 2 spiro atoms. The van der Waals surface area contributed by atoms with Gasteiger partial charge >= 0.3 is 0 Å². The van der Waals surface area contributed by atoms with Crippen LogP contribution < -0.4 is 4.90 Å². The molecule has 12 aromatic rings. The first-order valence-electron chi connectivity index (χ1n) is 30.7. The van der Waals surface area contributed by atoms with Crippen molar-refractivity contribution in [3.05, 3.63) is 329 Å². The lowest BCUT2D eigenvalue weighted by Crippen LogP contribution is -2.26. The standard InChI is InChI=1S/C84H67N/c1-7-81(3,4)60-39-33-54(34-40-60)57-49-58(55-35-41-61(42-36-55)82(5,6)8-2)51-59(50-57)56-37-43-62(44-38-56)85(63-45-47-71-69-25-13-19-31-77(69)83(79(71)52-63)73-27-15-9-21-65(73)66-22-10-16-28-74(66)83)64-46-48-72-70-26-14-20-32-78(70)84(80(72)53-64)75-29-17-11-23-67(75)68-24-12-18-30-76(68)84/h9-53H,7-8H2,1-6H3. The van der Waals surface area contributed by atoms with Crippen molar-refractivity contribution in [3.8, 4) is 77.9 Å². The maximum Gasteiger partial charge on any atom is 0.0726 e. The lowest BCUT2D eigenvalue weighted by molar-refractivity contribution is 0.506. The van der Waals surface area contributed by atoms with Crippen LogP contribution in [0.5, 0.6) is 0 Å². The average molecular weight is 1090 g/mol. The third kappa shape index (κ3) is 7.36. The summed E-state index contributed by atoms with van der Waals surface area (Å²) in [6, 6.07) is 105. The van der Waals surface area contributed by atoms with Crippen LogP contribution in [0.1, 0.15) is 110 Å². The fourth-order valence-corrected chi connectivity index (χ4v) is 15.5. The molecule has 0 unspecified atom stereocenters. The Morgan fingerprint density at radius 1 is 0.247 bits per heavy atom. The highest BCUT2D eigenvalue weighted by Gasteiger charge is 2.53. The van der Waals surface area contributed by atoms with E-state index in [1.807, 2.05) is 0 Å².